The van der Waals surface area contributed by atoms with Crippen molar-refractivity contribution in [2.24, 2.45) is 0 Å². The molecule has 3 aromatic carbocycles. The Morgan fingerprint density at radius 2 is 1.40 bits per heavy atom. The number of hydrogen-bond acceptors (Lipinski definition) is 6. The summed E-state index contributed by atoms with van der Waals surface area (Å²) in [6.07, 6.45) is -1.28. The van der Waals surface area contributed by atoms with Crippen molar-refractivity contribution in [2.45, 2.75) is 30.1 Å². The first-order chi connectivity index (χ1) is 17.2. The molecule has 0 amide bonds. The van der Waals surface area contributed by atoms with Crippen molar-refractivity contribution >= 4 is 0 Å². The summed E-state index contributed by atoms with van der Waals surface area (Å²) in [5.41, 5.74) is 1.58. The SMILES string of the molecule is O=c1ccn2c(n1)O[C@H]1[C@H](O)[C@@H](COC(c3ccccc3)(c3ccccc3)c3ccccc3)O[C@H]12. The predicted molar refractivity (Wildman–Crippen MR) is 128 cm³/mol. The topological polar surface area (TPSA) is 82.8 Å². The second-order valence-electron chi connectivity index (χ2n) is 8.68. The average molecular weight is 469 g/mol. The van der Waals surface area contributed by atoms with E-state index >= 15 is 0 Å². The average Bonchev–Trinajstić information content (AvgIpc) is 3.41. The molecule has 0 bridgehead atoms. The summed E-state index contributed by atoms with van der Waals surface area (Å²) in [4.78, 5) is 15.4. The Kier molecular flexibility index (Phi) is 5.45. The summed E-state index contributed by atoms with van der Waals surface area (Å²) < 4.78 is 20.4. The number of aliphatic hydroxyl groups is 1. The number of aliphatic hydroxyl groups excluding tert-OH is 1. The highest BCUT2D eigenvalue weighted by Crippen LogP contribution is 2.43. The molecule has 35 heavy (non-hydrogen) atoms. The third-order valence-electron chi connectivity index (χ3n) is 6.64. The predicted octanol–water partition coefficient (Wildman–Crippen LogP) is 3.27. The van der Waals surface area contributed by atoms with Gasteiger partial charge < -0.3 is 19.3 Å². The number of rotatable bonds is 6. The van der Waals surface area contributed by atoms with Gasteiger partial charge in [0.1, 0.15) is 17.8 Å². The van der Waals surface area contributed by atoms with Crippen molar-refractivity contribution in [1.82, 2.24) is 9.55 Å². The van der Waals surface area contributed by atoms with E-state index < -0.39 is 35.7 Å². The molecule has 7 nitrogen and oxygen atoms in total. The maximum absolute atomic E-state index is 11.6. The highest BCUT2D eigenvalue weighted by Gasteiger charge is 2.52. The number of ether oxygens (including phenoxy) is 3. The Morgan fingerprint density at radius 3 is 1.94 bits per heavy atom. The molecule has 3 heterocycles. The summed E-state index contributed by atoms with van der Waals surface area (Å²) in [5.74, 6) is 0. The Labute approximate surface area is 202 Å². The van der Waals surface area contributed by atoms with E-state index in [9.17, 15) is 9.90 Å². The van der Waals surface area contributed by atoms with Crippen LogP contribution in [0.2, 0.25) is 0 Å². The molecule has 0 aliphatic carbocycles. The van der Waals surface area contributed by atoms with Crippen LogP contribution < -0.4 is 10.3 Å². The summed E-state index contributed by atoms with van der Waals surface area (Å²) in [6, 6.07) is 31.6. The number of benzene rings is 3. The number of nitrogens with zero attached hydrogens (tertiary/aromatic N) is 2. The van der Waals surface area contributed by atoms with Crippen molar-refractivity contribution in [2.75, 3.05) is 6.61 Å². The molecule has 6 rings (SSSR count). The quantitative estimate of drug-likeness (QED) is 0.438. The van der Waals surface area contributed by atoms with Crippen LogP contribution in [-0.2, 0) is 15.1 Å². The van der Waals surface area contributed by atoms with Gasteiger partial charge in [0.25, 0.3) is 5.56 Å². The molecule has 1 N–H and O–H groups in total. The summed E-state index contributed by atoms with van der Waals surface area (Å²) in [5, 5.41) is 11.1. The van der Waals surface area contributed by atoms with Crippen molar-refractivity contribution < 1.29 is 19.3 Å². The minimum atomic E-state index is -0.961. The van der Waals surface area contributed by atoms with Crippen LogP contribution in [0.15, 0.2) is 108 Å². The van der Waals surface area contributed by atoms with Crippen molar-refractivity contribution in [3.8, 4) is 6.01 Å². The van der Waals surface area contributed by atoms with Crippen LogP contribution in [0, 0.1) is 0 Å². The van der Waals surface area contributed by atoms with Crippen LogP contribution in [0.25, 0.3) is 0 Å². The minimum absolute atomic E-state index is 0.110. The first kappa shape index (κ1) is 21.7. The van der Waals surface area contributed by atoms with Gasteiger partial charge in [0.15, 0.2) is 12.3 Å². The molecule has 2 aliphatic heterocycles. The second-order valence-corrected chi connectivity index (χ2v) is 8.68. The summed E-state index contributed by atoms with van der Waals surface area (Å²) >= 11 is 0. The molecular formula is C28H24N2O5. The van der Waals surface area contributed by atoms with Gasteiger partial charge >= 0.3 is 6.01 Å². The molecule has 1 saturated heterocycles. The number of fused-ring (bicyclic) bond motifs is 3. The molecule has 0 spiro atoms. The van der Waals surface area contributed by atoms with Crippen molar-refractivity contribution in [3.63, 3.8) is 0 Å². The fourth-order valence-corrected chi connectivity index (χ4v) is 4.98. The van der Waals surface area contributed by atoms with Crippen molar-refractivity contribution in [1.29, 1.82) is 0 Å². The third kappa shape index (κ3) is 3.65. The van der Waals surface area contributed by atoms with Crippen LogP contribution in [0.4, 0.5) is 0 Å². The second kappa shape index (κ2) is 8.78. The highest BCUT2D eigenvalue weighted by atomic mass is 16.6. The van der Waals surface area contributed by atoms with Crippen LogP contribution in [-0.4, -0.2) is 39.6 Å². The molecule has 0 saturated carbocycles. The molecule has 1 aromatic heterocycles. The van der Waals surface area contributed by atoms with Gasteiger partial charge in [-0.1, -0.05) is 91.0 Å². The van der Waals surface area contributed by atoms with Gasteiger partial charge in [-0.05, 0) is 16.7 Å². The van der Waals surface area contributed by atoms with Crippen molar-refractivity contribution in [3.05, 3.63) is 130 Å². The maximum Gasteiger partial charge on any atom is 0.302 e. The van der Waals surface area contributed by atoms with E-state index in [0.29, 0.717) is 0 Å². The maximum atomic E-state index is 11.6. The molecule has 7 heteroatoms. The van der Waals surface area contributed by atoms with Gasteiger partial charge in [-0.25, -0.2) is 0 Å². The van der Waals surface area contributed by atoms with Gasteiger partial charge in [-0.15, -0.1) is 0 Å². The number of aromatic nitrogens is 2. The molecule has 2 aliphatic rings. The van der Waals surface area contributed by atoms with E-state index in [1.54, 1.807) is 10.8 Å². The van der Waals surface area contributed by atoms with E-state index in [4.69, 9.17) is 14.2 Å². The Hall–Kier alpha value is -3.78. The molecule has 4 atom stereocenters. The summed E-state index contributed by atoms with van der Waals surface area (Å²) in [6.45, 7) is 0.110. The Balaban J connectivity index is 1.37. The number of hydrogen-bond donors (Lipinski definition) is 1. The van der Waals surface area contributed by atoms with Crippen LogP contribution in [0.3, 0.4) is 0 Å². The lowest BCUT2D eigenvalue weighted by Gasteiger charge is -2.37. The molecule has 4 aromatic rings. The normalized spacial score (nSPS) is 22.9. The third-order valence-corrected chi connectivity index (χ3v) is 6.64. The van der Waals surface area contributed by atoms with E-state index in [2.05, 4.69) is 4.98 Å². The van der Waals surface area contributed by atoms with E-state index in [1.165, 1.54) is 6.07 Å². The zero-order valence-electron chi connectivity index (χ0n) is 18.8. The lowest BCUT2D eigenvalue weighted by molar-refractivity contribution is -0.0936. The van der Waals surface area contributed by atoms with Gasteiger partial charge in [-0.3, -0.25) is 9.36 Å². The molecule has 0 unspecified atom stereocenters. The van der Waals surface area contributed by atoms with Gasteiger partial charge in [0, 0.05) is 12.3 Å². The van der Waals surface area contributed by atoms with E-state index in [1.807, 2.05) is 91.0 Å². The molecule has 176 valence electrons. The fourth-order valence-electron chi connectivity index (χ4n) is 4.98. The smallest absolute Gasteiger partial charge is 0.302 e. The minimum Gasteiger partial charge on any atom is -0.453 e. The molecule has 0 radical (unpaired) electrons. The Morgan fingerprint density at radius 1 is 0.857 bits per heavy atom. The summed E-state index contributed by atoms with van der Waals surface area (Å²) in [7, 11) is 0. The zero-order valence-corrected chi connectivity index (χ0v) is 18.8. The fraction of sp³-hybridized carbons (Fsp3) is 0.214. The first-order valence-corrected chi connectivity index (χ1v) is 11.6. The Bertz CT molecular complexity index is 1260. The highest BCUT2D eigenvalue weighted by molar-refractivity contribution is 5.47. The van der Waals surface area contributed by atoms with Gasteiger partial charge in [0.05, 0.1) is 6.61 Å². The van der Waals surface area contributed by atoms with Crippen LogP contribution in [0.5, 0.6) is 6.01 Å². The standard InChI is InChI=1S/C28H24N2O5/c31-23-16-17-30-26-25(35-27(30)29-23)24(32)22(34-26)18-33-28(19-10-4-1-5-11-19,20-12-6-2-7-13-20)21-14-8-3-9-15-21/h1-17,22,24-26,32H,18H2/t22-,24-,25+,26-/m1/s1. The lowest BCUT2D eigenvalue weighted by atomic mass is 9.80. The monoisotopic (exact) mass is 468 g/mol. The zero-order chi connectivity index (χ0) is 23.8. The van der Waals surface area contributed by atoms with Crippen LogP contribution in [0.1, 0.15) is 22.9 Å². The lowest BCUT2D eigenvalue weighted by Crippen LogP contribution is -2.40. The van der Waals surface area contributed by atoms with E-state index in [-0.39, 0.29) is 12.6 Å². The van der Waals surface area contributed by atoms with Gasteiger partial charge in [-0.2, -0.15) is 4.98 Å². The van der Waals surface area contributed by atoms with Gasteiger partial charge in [0.2, 0.25) is 0 Å². The first-order valence-electron chi connectivity index (χ1n) is 11.6. The largest absolute Gasteiger partial charge is 0.453 e. The van der Waals surface area contributed by atoms with Crippen LogP contribution >= 0.6 is 0 Å². The molecular weight excluding hydrogens is 444 g/mol. The molecule has 1 fully saturated rings. The van der Waals surface area contributed by atoms with E-state index in [0.717, 1.165) is 16.7 Å².